The van der Waals surface area contributed by atoms with Gasteiger partial charge in [-0.15, -0.1) is 0 Å². The Bertz CT molecular complexity index is 981. The Hall–Kier alpha value is -3.62. The summed E-state index contributed by atoms with van der Waals surface area (Å²) < 4.78 is 21.1. The summed E-state index contributed by atoms with van der Waals surface area (Å²) in [6.45, 7) is 6.32. The summed E-state index contributed by atoms with van der Waals surface area (Å²) in [6, 6.07) is 10.6. The second kappa shape index (κ2) is 13.9. The highest BCUT2D eigenvalue weighted by molar-refractivity contribution is 5.98. The van der Waals surface area contributed by atoms with Crippen molar-refractivity contribution in [1.82, 2.24) is 10.3 Å². The van der Waals surface area contributed by atoms with Crippen LogP contribution in [-0.2, 0) is 25.5 Å². The Morgan fingerprint density at radius 2 is 1.80 bits per heavy atom. The maximum absolute atomic E-state index is 12.9. The number of pyridine rings is 1. The van der Waals surface area contributed by atoms with Crippen LogP contribution < -0.4 is 14.8 Å². The van der Waals surface area contributed by atoms with Gasteiger partial charge >= 0.3 is 11.9 Å². The topological polar surface area (TPSA) is 113 Å². The summed E-state index contributed by atoms with van der Waals surface area (Å²) >= 11 is 0. The molecule has 190 valence electrons. The highest BCUT2D eigenvalue weighted by Gasteiger charge is 2.27. The summed E-state index contributed by atoms with van der Waals surface area (Å²) in [4.78, 5) is 40.7. The van der Waals surface area contributed by atoms with Gasteiger partial charge in [0.25, 0.3) is 5.91 Å². The number of nitrogens with one attached hydrogen (secondary N) is 1. The molecular formula is C26H34N2O7. The van der Waals surface area contributed by atoms with E-state index < -0.39 is 30.7 Å². The average Bonchev–Trinajstić information content (AvgIpc) is 2.84. The maximum Gasteiger partial charge on any atom is 0.328 e. The maximum atomic E-state index is 12.9. The second-order valence-electron chi connectivity index (χ2n) is 8.16. The molecule has 0 aliphatic rings. The minimum absolute atomic E-state index is 0.00597. The van der Waals surface area contributed by atoms with Gasteiger partial charge in [-0.1, -0.05) is 43.7 Å². The van der Waals surface area contributed by atoms with E-state index in [1.165, 1.54) is 31.9 Å². The molecule has 1 N–H and O–H groups in total. The number of nitrogens with zero attached hydrogens (tertiary/aromatic N) is 1. The van der Waals surface area contributed by atoms with Gasteiger partial charge in [-0.2, -0.15) is 0 Å². The van der Waals surface area contributed by atoms with Crippen LogP contribution in [0.2, 0.25) is 0 Å². The summed E-state index contributed by atoms with van der Waals surface area (Å²) in [6.07, 6.45) is 3.70. The van der Waals surface area contributed by atoms with Crippen LogP contribution in [0.4, 0.5) is 0 Å². The van der Waals surface area contributed by atoms with Crippen molar-refractivity contribution in [3.63, 3.8) is 0 Å². The van der Waals surface area contributed by atoms with Gasteiger partial charge in [0, 0.05) is 19.2 Å². The zero-order valence-corrected chi connectivity index (χ0v) is 20.9. The van der Waals surface area contributed by atoms with Crippen molar-refractivity contribution >= 4 is 17.8 Å². The van der Waals surface area contributed by atoms with Crippen molar-refractivity contribution in [2.75, 3.05) is 13.9 Å². The number of carbonyl (C=O) groups is 3. The lowest BCUT2D eigenvalue weighted by Crippen LogP contribution is -2.42. The molecule has 3 unspecified atom stereocenters. The quantitative estimate of drug-likeness (QED) is 0.337. The van der Waals surface area contributed by atoms with E-state index in [1.807, 2.05) is 25.1 Å². The van der Waals surface area contributed by atoms with E-state index >= 15 is 0 Å². The molecule has 35 heavy (non-hydrogen) atoms. The number of benzene rings is 1. The smallest absolute Gasteiger partial charge is 0.328 e. The Morgan fingerprint density at radius 3 is 2.43 bits per heavy atom. The highest BCUT2D eigenvalue weighted by atomic mass is 16.7. The molecule has 3 atom stereocenters. The minimum atomic E-state index is -0.932. The molecule has 0 aliphatic heterocycles. The van der Waals surface area contributed by atoms with Gasteiger partial charge in [-0.3, -0.25) is 9.59 Å². The van der Waals surface area contributed by atoms with E-state index in [1.54, 1.807) is 6.92 Å². The molecule has 1 aromatic heterocycles. The lowest BCUT2D eigenvalue weighted by molar-refractivity contribution is -0.153. The van der Waals surface area contributed by atoms with Crippen LogP contribution in [0.3, 0.4) is 0 Å². The molecule has 1 aromatic carbocycles. The zero-order valence-electron chi connectivity index (χ0n) is 20.9. The standard InChI is InChI=1S/C26H34N2O7/c1-6-10-21(15-20-11-8-7-9-12-20)18(3)35-26(31)17(2)28-25(30)23-24(34-16-33-19(4)29)22(32-5)13-14-27-23/h7-9,11-14,17-18,21H,6,10,15-16H2,1-5H3,(H,28,30). The number of hydrogen-bond acceptors (Lipinski definition) is 8. The summed E-state index contributed by atoms with van der Waals surface area (Å²) in [7, 11) is 1.40. The van der Waals surface area contributed by atoms with Crippen molar-refractivity contribution in [1.29, 1.82) is 0 Å². The fraction of sp³-hybridized carbons (Fsp3) is 0.462. The Labute approximate surface area is 206 Å². The molecule has 0 bridgehead atoms. The van der Waals surface area contributed by atoms with E-state index in [9.17, 15) is 14.4 Å². The predicted molar refractivity (Wildman–Crippen MR) is 129 cm³/mol. The van der Waals surface area contributed by atoms with Crippen LogP contribution in [0.5, 0.6) is 11.5 Å². The van der Waals surface area contributed by atoms with Gasteiger partial charge in [0.15, 0.2) is 17.2 Å². The van der Waals surface area contributed by atoms with E-state index in [4.69, 9.17) is 18.9 Å². The van der Waals surface area contributed by atoms with Gasteiger partial charge in [0.1, 0.15) is 12.1 Å². The van der Waals surface area contributed by atoms with E-state index in [0.717, 1.165) is 19.3 Å². The molecular weight excluding hydrogens is 452 g/mol. The van der Waals surface area contributed by atoms with Crippen LogP contribution in [0, 0.1) is 5.92 Å². The summed E-state index contributed by atoms with van der Waals surface area (Å²) in [5, 5.41) is 2.59. The Kier molecular flexibility index (Phi) is 11.0. The number of ether oxygens (including phenoxy) is 4. The van der Waals surface area contributed by atoms with Crippen molar-refractivity contribution in [2.45, 2.75) is 59.1 Å². The molecule has 1 amide bonds. The molecule has 0 radical (unpaired) electrons. The van der Waals surface area contributed by atoms with Crippen molar-refractivity contribution in [3.8, 4) is 11.5 Å². The lowest BCUT2D eigenvalue weighted by Gasteiger charge is -2.25. The van der Waals surface area contributed by atoms with Gasteiger partial charge in [-0.05, 0) is 38.2 Å². The SMILES string of the molecule is CCCC(Cc1ccccc1)C(C)OC(=O)C(C)NC(=O)c1nccc(OC)c1OCOC(C)=O. The third kappa shape index (κ3) is 8.59. The molecule has 1 heterocycles. The number of methoxy groups -OCH3 is 1. The third-order valence-corrected chi connectivity index (χ3v) is 5.44. The normalized spacial score (nSPS) is 13.2. The summed E-state index contributed by atoms with van der Waals surface area (Å²) in [5.41, 5.74) is 1.07. The largest absolute Gasteiger partial charge is 0.493 e. The zero-order chi connectivity index (χ0) is 25.8. The Balaban J connectivity index is 2.04. The minimum Gasteiger partial charge on any atom is -0.493 e. The number of esters is 2. The molecule has 0 saturated heterocycles. The van der Waals surface area contributed by atoms with E-state index in [2.05, 4.69) is 29.4 Å². The molecule has 0 aliphatic carbocycles. The van der Waals surface area contributed by atoms with Crippen molar-refractivity contribution in [3.05, 3.63) is 53.9 Å². The van der Waals surface area contributed by atoms with Gasteiger partial charge in [0.05, 0.1) is 7.11 Å². The summed E-state index contributed by atoms with van der Waals surface area (Å²) in [5.74, 6) is -1.38. The van der Waals surface area contributed by atoms with Gasteiger partial charge < -0.3 is 24.3 Å². The van der Waals surface area contributed by atoms with Crippen molar-refractivity contribution in [2.24, 2.45) is 5.92 Å². The fourth-order valence-electron chi connectivity index (χ4n) is 3.56. The monoisotopic (exact) mass is 486 g/mol. The fourth-order valence-corrected chi connectivity index (χ4v) is 3.56. The van der Waals surface area contributed by atoms with Gasteiger partial charge in [0.2, 0.25) is 6.79 Å². The van der Waals surface area contributed by atoms with E-state index in [0.29, 0.717) is 0 Å². The number of rotatable bonds is 13. The predicted octanol–water partition coefficient (Wildman–Crippen LogP) is 3.70. The van der Waals surface area contributed by atoms with Crippen molar-refractivity contribution < 1.29 is 33.3 Å². The van der Waals surface area contributed by atoms with Crippen LogP contribution >= 0.6 is 0 Å². The van der Waals surface area contributed by atoms with Crippen LogP contribution in [-0.4, -0.2) is 48.9 Å². The molecule has 0 spiro atoms. The number of amides is 1. The molecule has 9 nitrogen and oxygen atoms in total. The first-order valence-corrected chi connectivity index (χ1v) is 11.6. The lowest BCUT2D eigenvalue weighted by atomic mass is 9.90. The van der Waals surface area contributed by atoms with Crippen LogP contribution in [0.25, 0.3) is 0 Å². The second-order valence-corrected chi connectivity index (χ2v) is 8.16. The van der Waals surface area contributed by atoms with Crippen LogP contribution in [0.1, 0.15) is 56.6 Å². The third-order valence-electron chi connectivity index (χ3n) is 5.44. The number of carbonyl (C=O) groups excluding carboxylic acids is 3. The Morgan fingerprint density at radius 1 is 1.09 bits per heavy atom. The number of aromatic nitrogens is 1. The van der Waals surface area contributed by atoms with Crippen LogP contribution in [0.15, 0.2) is 42.6 Å². The first-order valence-electron chi connectivity index (χ1n) is 11.6. The molecule has 0 saturated carbocycles. The molecule has 0 fully saturated rings. The average molecular weight is 487 g/mol. The molecule has 2 rings (SSSR count). The first-order chi connectivity index (χ1) is 16.8. The molecule has 2 aromatic rings. The van der Waals surface area contributed by atoms with Gasteiger partial charge in [-0.25, -0.2) is 9.78 Å². The first kappa shape index (κ1) is 27.6. The van der Waals surface area contributed by atoms with E-state index in [-0.39, 0.29) is 29.2 Å². The number of hydrogen-bond donors (Lipinski definition) is 1. The molecule has 9 heteroatoms. The highest BCUT2D eigenvalue weighted by Crippen LogP contribution is 2.29.